The number of nitrogens with zero attached hydrogens (tertiary/aromatic N) is 2. The molecule has 0 spiro atoms. The Labute approximate surface area is 204 Å². The Morgan fingerprint density at radius 2 is 1.52 bits per heavy atom. The molecule has 0 aliphatic heterocycles. The number of hydrogen-bond donors (Lipinski definition) is 0. The van der Waals surface area contributed by atoms with Crippen molar-refractivity contribution in [1.29, 1.82) is 0 Å². The molecule has 3 rings (SSSR count). The molecule has 1 aliphatic carbocycles. The van der Waals surface area contributed by atoms with Crippen molar-refractivity contribution in [3.05, 3.63) is 36.7 Å². The van der Waals surface area contributed by atoms with Crippen LogP contribution in [0.3, 0.4) is 0 Å². The van der Waals surface area contributed by atoms with Gasteiger partial charge in [0.1, 0.15) is 5.75 Å². The number of aromatic nitrogens is 2. The number of hydrogen-bond acceptors (Lipinski definition) is 5. The Morgan fingerprint density at radius 1 is 0.879 bits per heavy atom. The minimum atomic E-state index is -0.0710. The topological polar surface area (TPSA) is 52.1 Å². The molecule has 1 heterocycles. The zero-order chi connectivity index (χ0) is 23.3. The van der Waals surface area contributed by atoms with E-state index in [1.165, 1.54) is 64.2 Å². The Bertz CT molecular complexity index is 823. The van der Waals surface area contributed by atoms with E-state index >= 15 is 0 Å². The van der Waals surface area contributed by atoms with Gasteiger partial charge in [-0.15, -0.1) is 0 Å². The van der Waals surface area contributed by atoms with Crippen molar-refractivity contribution in [2.75, 3.05) is 5.75 Å². The third-order valence-corrected chi connectivity index (χ3v) is 7.38. The predicted octanol–water partition coefficient (Wildman–Crippen LogP) is 8.11. The fraction of sp³-hybridized carbons (Fsp3) is 0.607. The first kappa shape index (κ1) is 25.7. The molecule has 1 aromatic heterocycles. The third-order valence-electron chi connectivity index (χ3n) is 6.42. The van der Waals surface area contributed by atoms with Crippen LogP contribution in [0, 0.1) is 11.8 Å². The number of benzene rings is 1. The molecule has 1 saturated carbocycles. The number of unbranched alkanes of at least 4 members (excludes halogenated alkanes) is 8. The largest absolute Gasteiger partial charge is 0.426 e. The molecule has 180 valence electrons. The molecule has 1 aliphatic rings. The number of esters is 1. The highest BCUT2D eigenvalue weighted by atomic mass is 32.2. The fourth-order valence-electron chi connectivity index (χ4n) is 4.18. The van der Waals surface area contributed by atoms with Crippen molar-refractivity contribution in [2.24, 2.45) is 11.8 Å². The molecule has 5 heteroatoms. The van der Waals surface area contributed by atoms with Crippen LogP contribution < -0.4 is 4.74 Å². The molecule has 33 heavy (non-hydrogen) atoms. The van der Waals surface area contributed by atoms with Crippen molar-refractivity contribution in [2.45, 2.75) is 96.1 Å². The SMILES string of the molecule is CCCCCCCCSc1ncc(-c2ccc(OC(=O)[C@@H]3C[C@H]3CCCCCC)cc2)cn1. The van der Waals surface area contributed by atoms with Crippen LogP contribution in [0.2, 0.25) is 0 Å². The average molecular weight is 469 g/mol. The number of thioether (sulfide) groups is 1. The molecule has 2 aromatic rings. The van der Waals surface area contributed by atoms with E-state index < -0.39 is 0 Å². The fourth-order valence-corrected chi connectivity index (χ4v) is 4.97. The highest BCUT2D eigenvalue weighted by Gasteiger charge is 2.43. The van der Waals surface area contributed by atoms with Gasteiger partial charge in [0.15, 0.2) is 5.16 Å². The molecule has 0 radical (unpaired) electrons. The highest BCUT2D eigenvalue weighted by Crippen LogP contribution is 2.43. The summed E-state index contributed by atoms with van der Waals surface area (Å²) >= 11 is 1.73. The second kappa shape index (κ2) is 14.4. The molecule has 2 atom stereocenters. The molecule has 0 saturated heterocycles. The van der Waals surface area contributed by atoms with Crippen molar-refractivity contribution >= 4 is 17.7 Å². The highest BCUT2D eigenvalue weighted by molar-refractivity contribution is 7.99. The van der Waals surface area contributed by atoms with Crippen LogP contribution in [0.25, 0.3) is 11.1 Å². The minimum absolute atomic E-state index is 0.0710. The van der Waals surface area contributed by atoms with Crippen molar-refractivity contribution in [3.63, 3.8) is 0 Å². The molecule has 0 unspecified atom stereocenters. The number of carbonyl (C=O) groups excluding carboxylic acids is 1. The quantitative estimate of drug-likeness (QED) is 0.0818. The summed E-state index contributed by atoms with van der Waals surface area (Å²) in [4.78, 5) is 21.4. The average Bonchev–Trinajstić information content (AvgIpc) is 3.62. The lowest BCUT2D eigenvalue weighted by molar-refractivity contribution is -0.136. The summed E-state index contributed by atoms with van der Waals surface area (Å²) in [6.45, 7) is 4.47. The first-order valence-corrected chi connectivity index (χ1v) is 14.0. The minimum Gasteiger partial charge on any atom is -0.426 e. The Hall–Kier alpha value is -1.88. The molecular formula is C28H40N2O2S. The van der Waals surface area contributed by atoms with Crippen molar-refractivity contribution < 1.29 is 9.53 Å². The third kappa shape index (κ3) is 9.11. The van der Waals surface area contributed by atoms with E-state index in [9.17, 15) is 4.79 Å². The van der Waals surface area contributed by atoms with Crippen LogP contribution >= 0.6 is 11.8 Å². The first-order valence-electron chi connectivity index (χ1n) is 13.0. The summed E-state index contributed by atoms with van der Waals surface area (Å²) in [6, 6.07) is 7.68. The van der Waals surface area contributed by atoms with Crippen LogP contribution in [-0.4, -0.2) is 21.7 Å². The second-order valence-electron chi connectivity index (χ2n) is 9.27. The van der Waals surface area contributed by atoms with Gasteiger partial charge in [0.2, 0.25) is 0 Å². The van der Waals surface area contributed by atoms with Gasteiger partial charge in [-0.1, -0.05) is 95.5 Å². The lowest BCUT2D eigenvalue weighted by atomic mass is 10.1. The van der Waals surface area contributed by atoms with Gasteiger partial charge in [0.25, 0.3) is 0 Å². The molecule has 1 fully saturated rings. The lowest BCUT2D eigenvalue weighted by Crippen LogP contribution is -2.11. The van der Waals surface area contributed by atoms with E-state index in [2.05, 4.69) is 23.8 Å². The van der Waals surface area contributed by atoms with Crippen molar-refractivity contribution in [3.8, 4) is 16.9 Å². The Kier molecular flexibility index (Phi) is 11.2. The summed E-state index contributed by atoms with van der Waals surface area (Å²) in [5.41, 5.74) is 2.01. The summed E-state index contributed by atoms with van der Waals surface area (Å²) in [5.74, 6) is 2.25. The molecular weight excluding hydrogens is 428 g/mol. The normalized spacial score (nSPS) is 17.2. The number of rotatable bonds is 16. The first-order chi connectivity index (χ1) is 16.2. The standard InChI is InChI=1S/C28H40N2O2S/c1-3-5-7-9-10-12-18-33-28-29-20-24(21-30-28)22-14-16-25(17-15-22)32-27(31)26-19-23(26)13-11-8-6-4-2/h14-17,20-21,23,26H,3-13,18-19H2,1-2H3/t23-,26-/m1/s1. The van der Waals surface area contributed by atoms with E-state index in [1.54, 1.807) is 11.8 Å². The lowest BCUT2D eigenvalue weighted by Gasteiger charge is -2.06. The summed E-state index contributed by atoms with van der Waals surface area (Å²) in [7, 11) is 0. The van der Waals surface area contributed by atoms with Gasteiger partial charge in [0, 0.05) is 23.7 Å². The molecule has 1 aromatic carbocycles. The van der Waals surface area contributed by atoms with Gasteiger partial charge in [-0.2, -0.15) is 0 Å². The monoisotopic (exact) mass is 468 g/mol. The second-order valence-corrected chi connectivity index (χ2v) is 10.3. The maximum atomic E-state index is 12.4. The van der Waals surface area contributed by atoms with Gasteiger partial charge in [-0.05, 0) is 42.9 Å². The smallest absolute Gasteiger partial charge is 0.314 e. The summed E-state index contributed by atoms with van der Waals surface area (Å²) in [5, 5.41) is 0.839. The van der Waals surface area contributed by atoms with Crippen LogP contribution in [0.5, 0.6) is 5.75 Å². The molecule has 0 amide bonds. The van der Waals surface area contributed by atoms with Crippen LogP contribution in [0.1, 0.15) is 90.9 Å². The molecule has 4 nitrogen and oxygen atoms in total. The maximum absolute atomic E-state index is 12.4. The van der Waals surface area contributed by atoms with Crippen molar-refractivity contribution in [1.82, 2.24) is 9.97 Å². The van der Waals surface area contributed by atoms with Crippen LogP contribution in [0.4, 0.5) is 0 Å². The maximum Gasteiger partial charge on any atom is 0.314 e. The van der Waals surface area contributed by atoms with E-state index in [0.717, 1.165) is 34.9 Å². The summed E-state index contributed by atoms with van der Waals surface area (Å²) < 4.78 is 5.62. The number of ether oxygens (including phenoxy) is 1. The Balaban J connectivity index is 1.38. The van der Waals surface area contributed by atoms with Gasteiger partial charge >= 0.3 is 5.97 Å². The Morgan fingerprint density at radius 3 is 2.21 bits per heavy atom. The molecule has 0 bridgehead atoms. The van der Waals surface area contributed by atoms with E-state index in [1.807, 2.05) is 36.7 Å². The van der Waals surface area contributed by atoms with Crippen LogP contribution in [-0.2, 0) is 4.79 Å². The van der Waals surface area contributed by atoms with E-state index in [4.69, 9.17) is 4.74 Å². The van der Waals surface area contributed by atoms with E-state index in [-0.39, 0.29) is 11.9 Å². The summed E-state index contributed by atoms with van der Waals surface area (Å²) in [6.07, 6.45) is 18.8. The van der Waals surface area contributed by atoms with Gasteiger partial charge in [-0.3, -0.25) is 4.79 Å². The zero-order valence-electron chi connectivity index (χ0n) is 20.4. The van der Waals surface area contributed by atoms with Gasteiger partial charge < -0.3 is 4.74 Å². The van der Waals surface area contributed by atoms with Gasteiger partial charge in [-0.25, -0.2) is 9.97 Å². The molecule has 0 N–H and O–H groups in total. The predicted molar refractivity (Wildman–Crippen MR) is 138 cm³/mol. The van der Waals surface area contributed by atoms with Gasteiger partial charge in [0.05, 0.1) is 5.92 Å². The van der Waals surface area contributed by atoms with Crippen LogP contribution in [0.15, 0.2) is 41.8 Å². The zero-order valence-corrected chi connectivity index (χ0v) is 21.2. The number of carbonyl (C=O) groups is 1. The van der Waals surface area contributed by atoms with E-state index in [0.29, 0.717) is 11.7 Å².